The van der Waals surface area contributed by atoms with Gasteiger partial charge in [0.1, 0.15) is 24.1 Å². The van der Waals surface area contributed by atoms with Gasteiger partial charge in [0, 0.05) is 18.7 Å². The Hall–Kier alpha value is -4.83. The van der Waals surface area contributed by atoms with Gasteiger partial charge >= 0.3 is 0 Å². The molecule has 0 N–H and O–H groups in total. The lowest BCUT2D eigenvalue weighted by atomic mass is 9.93. The monoisotopic (exact) mass is 669 g/mol. The van der Waals surface area contributed by atoms with Gasteiger partial charge < -0.3 is 23.8 Å². The van der Waals surface area contributed by atoms with Crippen LogP contribution in [0.5, 0.6) is 23.0 Å². The topological polar surface area (TPSA) is 91.6 Å². The number of nitrogens with zero attached hydrogens (tertiary/aromatic N) is 3. The summed E-state index contributed by atoms with van der Waals surface area (Å²) in [4.78, 5) is 35.4. The van der Waals surface area contributed by atoms with Gasteiger partial charge in [-0.15, -0.1) is 0 Å². The number of carbonyl (C=O) groups is 1. The van der Waals surface area contributed by atoms with Crippen molar-refractivity contribution in [3.05, 3.63) is 113 Å². The maximum atomic E-state index is 14.3. The third-order valence-electron chi connectivity index (χ3n) is 8.73. The Morgan fingerprint density at radius 1 is 0.896 bits per heavy atom. The van der Waals surface area contributed by atoms with Gasteiger partial charge in [0.05, 0.1) is 37.1 Å². The van der Waals surface area contributed by atoms with Gasteiger partial charge in [0.2, 0.25) is 0 Å². The standard InChI is InChI=1S/C38H43N3O6S/c1-10-40(11-2)37(43)34-25(6)39-38-41(35(34)28-20-27(44-7)13-15-30(28)45-8)36(42)33(48-38)19-26-12-14-31(32(18-26)46-9)47-21-29-23(4)16-22(3)17-24(29)5/h12-20,35H,10-11,21H2,1-9H3/b33-19+/t35-/m0/s1. The van der Waals surface area contributed by atoms with Crippen molar-refractivity contribution in [1.82, 2.24) is 9.47 Å². The van der Waals surface area contributed by atoms with E-state index in [4.69, 9.17) is 23.9 Å². The molecule has 1 aliphatic rings. The molecule has 0 saturated carbocycles. The van der Waals surface area contributed by atoms with Crippen LogP contribution in [0.3, 0.4) is 0 Å². The van der Waals surface area contributed by atoms with Crippen LogP contribution in [0.1, 0.15) is 60.2 Å². The highest BCUT2D eigenvalue weighted by Gasteiger charge is 2.36. The molecule has 48 heavy (non-hydrogen) atoms. The van der Waals surface area contributed by atoms with Crippen molar-refractivity contribution in [2.24, 2.45) is 4.99 Å². The van der Waals surface area contributed by atoms with E-state index < -0.39 is 6.04 Å². The van der Waals surface area contributed by atoms with Crippen LogP contribution < -0.4 is 33.8 Å². The summed E-state index contributed by atoms with van der Waals surface area (Å²) in [6.45, 7) is 13.4. The van der Waals surface area contributed by atoms with E-state index in [1.54, 1.807) is 42.9 Å². The molecule has 0 unspecified atom stereocenters. The summed E-state index contributed by atoms with van der Waals surface area (Å²) >= 11 is 1.27. The minimum Gasteiger partial charge on any atom is -0.497 e. The van der Waals surface area contributed by atoms with Crippen LogP contribution in [-0.2, 0) is 11.4 Å². The number of hydrogen-bond donors (Lipinski definition) is 0. The van der Waals surface area contributed by atoms with Crippen LogP contribution in [0.15, 0.2) is 69.6 Å². The molecule has 10 heteroatoms. The predicted molar refractivity (Wildman–Crippen MR) is 189 cm³/mol. The second-order valence-corrected chi connectivity index (χ2v) is 12.8. The quantitative estimate of drug-likeness (QED) is 0.206. The number of aromatic nitrogens is 1. The van der Waals surface area contributed by atoms with E-state index in [0.717, 1.165) is 11.1 Å². The first-order valence-corrected chi connectivity index (χ1v) is 16.8. The summed E-state index contributed by atoms with van der Waals surface area (Å²) in [6, 6.07) is 14.5. The summed E-state index contributed by atoms with van der Waals surface area (Å²) in [5.41, 5.74) is 6.83. The smallest absolute Gasteiger partial charge is 0.271 e. The van der Waals surface area contributed by atoms with Gasteiger partial charge in [-0.3, -0.25) is 14.2 Å². The van der Waals surface area contributed by atoms with E-state index in [2.05, 4.69) is 32.9 Å². The zero-order valence-electron chi connectivity index (χ0n) is 29.1. The number of allylic oxidation sites excluding steroid dienone is 1. The Balaban J connectivity index is 1.60. The van der Waals surface area contributed by atoms with Crippen molar-refractivity contribution in [3.63, 3.8) is 0 Å². The van der Waals surface area contributed by atoms with Crippen molar-refractivity contribution in [1.29, 1.82) is 0 Å². The van der Waals surface area contributed by atoms with Crippen LogP contribution in [0.25, 0.3) is 6.08 Å². The van der Waals surface area contributed by atoms with Gasteiger partial charge in [0.15, 0.2) is 16.3 Å². The van der Waals surface area contributed by atoms with Crippen molar-refractivity contribution < 1.29 is 23.7 Å². The molecule has 0 saturated heterocycles. The lowest BCUT2D eigenvalue weighted by Gasteiger charge is -2.30. The molecule has 1 aromatic heterocycles. The maximum absolute atomic E-state index is 14.3. The lowest BCUT2D eigenvalue weighted by molar-refractivity contribution is -0.127. The molecule has 9 nitrogen and oxygen atoms in total. The Labute approximate surface area is 285 Å². The minimum absolute atomic E-state index is 0.179. The Morgan fingerprint density at radius 2 is 1.56 bits per heavy atom. The molecule has 252 valence electrons. The first-order chi connectivity index (χ1) is 23.0. The highest BCUT2D eigenvalue weighted by molar-refractivity contribution is 7.07. The third-order valence-corrected chi connectivity index (χ3v) is 9.71. The van der Waals surface area contributed by atoms with Gasteiger partial charge in [0.25, 0.3) is 11.5 Å². The summed E-state index contributed by atoms with van der Waals surface area (Å²) in [7, 11) is 4.75. The Kier molecular flexibility index (Phi) is 10.4. The van der Waals surface area contributed by atoms with Gasteiger partial charge in [-0.2, -0.15) is 0 Å². The molecule has 0 aliphatic carbocycles. The van der Waals surface area contributed by atoms with Crippen molar-refractivity contribution in [3.8, 4) is 23.0 Å². The average molecular weight is 670 g/mol. The van der Waals surface area contributed by atoms with E-state index in [-0.39, 0.29) is 11.5 Å². The number of fused-ring (bicyclic) bond motifs is 1. The fourth-order valence-corrected chi connectivity index (χ4v) is 7.30. The molecule has 4 aromatic rings. The summed E-state index contributed by atoms with van der Waals surface area (Å²) in [5, 5.41) is 0. The van der Waals surface area contributed by atoms with Crippen LogP contribution in [-0.4, -0.2) is 49.8 Å². The molecule has 1 atom stereocenters. The highest BCUT2D eigenvalue weighted by Crippen LogP contribution is 2.38. The van der Waals surface area contributed by atoms with E-state index in [0.29, 0.717) is 68.9 Å². The molecular formula is C38H43N3O6S. The maximum Gasteiger partial charge on any atom is 0.271 e. The number of carbonyl (C=O) groups excluding carboxylic acids is 1. The summed E-state index contributed by atoms with van der Waals surface area (Å²) in [5.74, 6) is 2.10. The van der Waals surface area contributed by atoms with Gasteiger partial charge in [-0.05, 0) is 100 Å². The number of benzene rings is 3. The van der Waals surface area contributed by atoms with E-state index in [1.807, 2.05) is 51.1 Å². The number of aryl methyl sites for hydroxylation is 3. The number of hydrogen-bond acceptors (Lipinski definition) is 8. The third kappa shape index (κ3) is 6.62. The molecule has 0 fully saturated rings. The number of thiazole rings is 1. The van der Waals surface area contributed by atoms with Crippen molar-refractivity contribution >= 4 is 23.3 Å². The molecule has 2 heterocycles. The normalized spacial score (nSPS) is 14.4. The highest BCUT2D eigenvalue weighted by atomic mass is 32.1. The summed E-state index contributed by atoms with van der Waals surface area (Å²) < 4.78 is 25.3. The molecule has 0 bridgehead atoms. The fourth-order valence-electron chi connectivity index (χ4n) is 6.26. The predicted octanol–water partition coefficient (Wildman–Crippen LogP) is 5.63. The van der Waals surface area contributed by atoms with Crippen LogP contribution in [0.2, 0.25) is 0 Å². The number of amides is 1. The lowest BCUT2D eigenvalue weighted by Crippen LogP contribution is -2.43. The fraction of sp³-hybridized carbons (Fsp3) is 0.342. The number of rotatable bonds is 11. The SMILES string of the molecule is CCN(CC)C(=O)C1=C(C)N=c2s/c(=C/c3ccc(OCc4c(C)cc(C)cc4C)c(OC)c3)c(=O)n2[C@H]1c1cc(OC)ccc1OC. The zero-order chi connectivity index (χ0) is 34.7. The second-order valence-electron chi connectivity index (χ2n) is 11.7. The van der Waals surface area contributed by atoms with E-state index >= 15 is 0 Å². The first-order valence-electron chi connectivity index (χ1n) is 16.0. The molecule has 0 radical (unpaired) electrons. The summed E-state index contributed by atoms with van der Waals surface area (Å²) in [6.07, 6.45) is 1.81. The van der Waals surface area contributed by atoms with Crippen LogP contribution in [0, 0.1) is 20.8 Å². The molecule has 3 aromatic carbocycles. The Morgan fingerprint density at radius 3 is 2.19 bits per heavy atom. The largest absolute Gasteiger partial charge is 0.497 e. The molecular weight excluding hydrogens is 627 g/mol. The van der Waals surface area contributed by atoms with Gasteiger partial charge in [-0.1, -0.05) is 35.1 Å². The van der Waals surface area contributed by atoms with Gasteiger partial charge in [-0.25, -0.2) is 4.99 Å². The van der Waals surface area contributed by atoms with E-state index in [9.17, 15) is 9.59 Å². The number of likely N-dealkylation sites (N-methyl/N-ethyl adjacent to an activating group) is 1. The van der Waals surface area contributed by atoms with Crippen LogP contribution in [0.4, 0.5) is 0 Å². The number of ether oxygens (including phenoxy) is 4. The second kappa shape index (κ2) is 14.5. The average Bonchev–Trinajstić information content (AvgIpc) is 3.37. The van der Waals surface area contributed by atoms with E-state index in [1.165, 1.54) is 28.0 Å². The number of methoxy groups -OCH3 is 3. The van der Waals surface area contributed by atoms with Crippen LogP contribution >= 0.6 is 11.3 Å². The molecule has 1 aliphatic heterocycles. The Bertz CT molecular complexity index is 2050. The first kappa shape index (κ1) is 34.5. The zero-order valence-corrected chi connectivity index (χ0v) is 29.9. The minimum atomic E-state index is -0.777. The molecule has 5 rings (SSSR count). The van der Waals surface area contributed by atoms with Crippen molar-refractivity contribution in [2.75, 3.05) is 34.4 Å². The molecule has 1 amide bonds. The molecule has 0 spiro atoms. The van der Waals surface area contributed by atoms with Crippen molar-refractivity contribution in [2.45, 2.75) is 54.2 Å².